The highest BCUT2D eigenvalue weighted by Gasteiger charge is 2.15. The summed E-state index contributed by atoms with van der Waals surface area (Å²) in [6, 6.07) is 31.1. The predicted molar refractivity (Wildman–Crippen MR) is 264 cm³/mol. The van der Waals surface area contributed by atoms with Gasteiger partial charge in [0.2, 0.25) is 11.8 Å². The quantitative estimate of drug-likeness (QED) is 0.161. The zero-order valence-electron chi connectivity index (χ0n) is 39.5. The Morgan fingerprint density at radius 2 is 0.557 bits per heavy atom. The van der Waals surface area contributed by atoms with Crippen molar-refractivity contribution in [2.75, 3.05) is 0 Å². The molecule has 14 rings (SSSR count). The van der Waals surface area contributed by atoms with Gasteiger partial charge in [0, 0.05) is 88.1 Å². The van der Waals surface area contributed by atoms with Crippen LogP contribution in [0.3, 0.4) is 0 Å². The minimum Gasteiger partial charge on any atom is -0.441 e. The van der Waals surface area contributed by atoms with Crippen LogP contribution in [0.15, 0.2) is 132 Å². The molecule has 16 nitrogen and oxygen atoms in total. The summed E-state index contributed by atoms with van der Waals surface area (Å²) in [5.41, 5.74) is 16.8. The first-order chi connectivity index (χ1) is 33.9. The maximum absolute atomic E-state index is 5.82. The molecule has 0 spiro atoms. The van der Waals surface area contributed by atoms with Gasteiger partial charge in [0.15, 0.2) is 80.0 Å². The lowest BCUT2D eigenvalue weighted by molar-refractivity contribution is 0.535. The fourth-order valence-corrected chi connectivity index (χ4v) is 7.90. The van der Waals surface area contributed by atoms with E-state index in [0.717, 1.165) is 119 Å². The molecule has 16 heteroatoms. The molecule has 14 aromatic rings. The minimum atomic E-state index is 0.615. The average Bonchev–Trinajstić information content (AvgIpc) is 4.22. The molecule has 0 N–H and O–H groups in total. The Morgan fingerprint density at radius 3 is 0.957 bits per heavy atom. The van der Waals surface area contributed by atoms with E-state index in [1.165, 1.54) is 11.1 Å². The Labute approximate surface area is 397 Å². The van der Waals surface area contributed by atoms with E-state index < -0.39 is 0 Å². The Morgan fingerprint density at radius 1 is 0.286 bits per heavy atom. The van der Waals surface area contributed by atoms with Crippen LogP contribution in [-0.4, -0.2) is 39.9 Å². The van der Waals surface area contributed by atoms with Crippen LogP contribution in [0.2, 0.25) is 0 Å². The second-order valence-corrected chi connectivity index (χ2v) is 16.8. The first-order valence-electron chi connectivity index (χ1n) is 22.7. The fourth-order valence-electron chi connectivity index (χ4n) is 7.90. The largest absolute Gasteiger partial charge is 0.441 e. The summed E-state index contributed by atoms with van der Waals surface area (Å²) in [5, 5.41) is 0. The van der Waals surface area contributed by atoms with Crippen molar-refractivity contribution in [2.24, 2.45) is 0 Å². The van der Waals surface area contributed by atoms with Crippen LogP contribution in [0.4, 0.5) is 0 Å². The third-order valence-electron chi connectivity index (χ3n) is 11.3. The summed E-state index contributed by atoms with van der Waals surface area (Å²) in [6.45, 7) is 15.4. The summed E-state index contributed by atoms with van der Waals surface area (Å²) in [7, 11) is 0. The van der Waals surface area contributed by atoms with Crippen molar-refractivity contribution in [3.63, 3.8) is 0 Å². The van der Waals surface area contributed by atoms with Gasteiger partial charge in [-0.3, -0.25) is 0 Å². The lowest BCUT2D eigenvalue weighted by Crippen LogP contribution is -1.77. The Kier molecular flexibility index (Phi) is 11.0. The number of aromatic nitrogens is 8. The van der Waals surface area contributed by atoms with Crippen LogP contribution < -0.4 is 0 Å². The highest BCUT2D eigenvalue weighted by Crippen LogP contribution is 2.31. The van der Waals surface area contributed by atoms with Crippen molar-refractivity contribution < 1.29 is 35.3 Å². The van der Waals surface area contributed by atoms with E-state index in [9.17, 15) is 0 Å². The fraction of sp³-hybridized carbons (Fsp3) is 0.185. The van der Waals surface area contributed by atoms with E-state index in [0.29, 0.717) is 40.9 Å². The number of nitrogens with zero attached hydrogens (tertiary/aromatic N) is 8. The number of hydrogen-bond donors (Lipinski definition) is 0. The van der Waals surface area contributed by atoms with Crippen LogP contribution in [0.1, 0.15) is 60.3 Å². The number of hydrogen-bond acceptors (Lipinski definition) is 16. The van der Waals surface area contributed by atoms with E-state index in [-0.39, 0.29) is 0 Å². The van der Waals surface area contributed by atoms with E-state index in [4.69, 9.17) is 35.3 Å². The molecule has 8 heterocycles. The van der Waals surface area contributed by atoms with Crippen LogP contribution in [0.25, 0.3) is 112 Å². The molecule has 0 bridgehead atoms. The molecule has 6 aromatic carbocycles. The van der Waals surface area contributed by atoms with Crippen molar-refractivity contribution in [2.45, 2.75) is 68.2 Å². The zero-order valence-corrected chi connectivity index (χ0v) is 39.5. The van der Waals surface area contributed by atoms with Gasteiger partial charge in [-0.2, -0.15) is 0 Å². The van der Waals surface area contributed by atoms with E-state index >= 15 is 0 Å². The summed E-state index contributed by atoms with van der Waals surface area (Å²) in [6.07, 6.45) is 1.59. The van der Waals surface area contributed by atoms with Crippen molar-refractivity contribution >= 4 is 88.8 Å². The number of fused-ring (bicyclic) bond motifs is 8. The average molecular weight is 933 g/mol. The standard InChI is InChI=1S/2C16H12N2O2.2C11H10N2O2/c1-9-3-5-11(6-4-9)16-18-13-8-14-12(7-15(13)20-16)17-10(2)19-14;1-9-3-5-11(6-4-9)16-18-13-7-12-14(8-15(13)20-16)19-10(2)17-12;1-3-11-13-8-5-9-7(4-10(8)15-11)12-6(2)14-9;1-3-11-13-8-4-7-9(5-10(8)15-11)14-6(2)12-7/h2*3-8H,1-2H3;2*4-5H,3H2,1-2H3. The summed E-state index contributed by atoms with van der Waals surface area (Å²) in [4.78, 5) is 34.8. The van der Waals surface area contributed by atoms with Crippen LogP contribution in [-0.2, 0) is 12.8 Å². The molecule has 0 unspecified atom stereocenters. The van der Waals surface area contributed by atoms with Gasteiger partial charge < -0.3 is 35.3 Å². The summed E-state index contributed by atoms with van der Waals surface area (Å²) < 4.78 is 44.6. The Balaban J connectivity index is 0.000000103. The number of rotatable bonds is 4. The molecule has 0 saturated carbocycles. The first kappa shape index (κ1) is 43.6. The molecular weight excluding hydrogens is 889 g/mol. The summed E-state index contributed by atoms with van der Waals surface area (Å²) >= 11 is 0. The molecule has 0 atom stereocenters. The van der Waals surface area contributed by atoms with Gasteiger partial charge in [-0.15, -0.1) is 0 Å². The van der Waals surface area contributed by atoms with Gasteiger partial charge in [-0.25, -0.2) is 39.9 Å². The highest BCUT2D eigenvalue weighted by molar-refractivity contribution is 5.92. The third kappa shape index (κ3) is 8.73. The van der Waals surface area contributed by atoms with Gasteiger partial charge in [0.05, 0.1) is 0 Å². The zero-order chi connectivity index (χ0) is 48.2. The topological polar surface area (TPSA) is 208 Å². The lowest BCUT2D eigenvalue weighted by atomic mass is 10.1. The maximum Gasteiger partial charge on any atom is 0.227 e. The summed E-state index contributed by atoms with van der Waals surface area (Å²) in [5.74, 6) is 5.33. The molecule has 0 amide bonds. The van der Waals surface area contributed by atoms with E-state index in [1.807, 2.05) is 139 Å². The Bertz CT molecular complexity index is 3710. The highest BCUT2D eigenvalue weighted by atomic mass is 16.4. The third-order valence-corrected chi connectivity index (χ3v) is 11.3. The monoisotopic (exact) mass is 932 g/mol. The Hall–Kier alpha value is -8.92. The number of benzene rings is 6. The van der Waals surface area contributed by atoms with E-state index in [2.05, 4.69) is 53.7 Å². The van der Waals surface area contributed by atoms with Gasteiger partial charge in [0.1, 0.15) is 44.1 Å². The molecule has 8 aromatic heterocycles. The SMILES string of the molecule is CCc1nc2cc3nc(C)oc3cc2o1.CCc1nc2cc3oc(C)nc3cc2o1.Cc1ccc(-c2nc3cc4nc(C)oc4cc3o2)cc1.Cc1ccc(-c2nc3cc4oc(C)nc4cc3o2)cc1. The minimum absolute atomic E-state index is 0.615. The first-order valence-corrected chi connectivity index (χ1v) is 22.7. The number of oxazole rings is 8. The van der Waals surface area contributed by atoms with Crippen LogP contribution in [0.5, 0.6) is 0 Å². The molecule has 0 radical (unpaired) electrons. The van der Waals surface area contributed by atoms with Gasteiger partial charge in [0.25, 0.3) is 0 Å². The van der Waals surface area contributed by atoms with Crippen molar-refractivity contribution in [1.29, 1.82) is 0 Å². The molecule has 70 heavy (non-hydrogen) atoms. The van der Waals surface area contributed by atoms with Crippen molar-refractivity contribution in [3.8, 4) is 22.9 Å². The number of aryl methyl sites for hydroxylation is 8. The molecular formula is C54H44N8O8. The van der Waals surface area contributed by atoms with Gasteiger partial charge in [-0.05, 0) is 50.2 Å². The predicted octanol–water partition coefficient (Wildman–Crippen LogP) is 14.2. The molecule has 0 aliphatic carbocycles. The maximum atomic E-state index is 5.82. The normalized spacial score (nSPS) is 11.5. The van der Waals surface area contributed by atoms with Crippen molar-refractivity contribution in [3.05, 3.63) is 144 Å². The van der Waals surface area contributed by atoms with Crippen molar-refractivity contribution in [1.82, 2.24) is 39.9 Å². The van der Waals surface area contributed by atoms with Crippen LogP contribution >= 0.6 is 0 Å². The second kappa shape index (κ2) is 17.6. The molecule has 0 saturated heterocycles. The van der Waals surface area contributed by atoms with Gasteiger partial charge >= 0.3 is 0 Å². The molecule has 0 aliphatic rings. The second-order valence-electron chi connectivity index (χ2n) is 16.8. The lowest BCUT2D eigenvalue weighted by Gasteiger charge is -1.95. The van der Waals surface area contributed by atoms with Crippen LogP contribution in [0, 0.1) is 41.5 Å². The molecule has 0 fully saturated rings. The van der Waals surface area contributed by atoms with E-state index in [1.54, 1.807) is 0 Å². The molecule has 348 valence electrons. The molecule has 0 aliphatic heterocycles. The van der Waals surface area contributed by atoms with Gasteiger partial charge in [-0.1, -0.05) is 49.2 Å². The smallest absolute Gasteiger partial charge is 0.227 e.